The van der Waals surface area contributed by atoms with Crippen LogP contribution in [0.3, 0.4) is 0 Å². The molecule has 0 spiro atoms. The van der Waals surface area contributed by atoms with Gasteiger partial charge in [0.25, 0.3) is 0 Å². The summed E-state index contributed by atoms with van der Waals surface area (Å²) in [5, 5.41) is 0. The van der Waals surface area contributed by atoms with E-state index in [4.69, 9.17) is 35.3 Å². The monoisotopic (exact) mass is 692 g/mol. The number of ether oxygens (including phenoxy) is 5. The molecule has 0 aliphatic rings. The molecule has 0 radical (unpaired) electrons. The lowest BCUT2D eigenvalue weighted by Gasteiger charge is -2.17. The second-order valence-corrected chi connectivity index (χ2v) is 17.3. The van der Waals surface area contributed by atoms with E-state index in [0.29, 0.717) is 58.5 Å². The first-order valence-corrected chi connectivity index (χ1v) is 17.8. The Labute approximate surface area is 291 Å². The fourth-order valence-corrected chi connectivity index (χ4v) is 3.67. The highest BCUT2D eigenvalue weighted by molar-refractivity contribution is 6.23. The van der Waals surface area contributed by atoms with E-state index in [9.17, 15) is 19.2 Å². The molecule has 0 unspecified atom stereocenters. The molecule has 0 amide bonds. The SMILES string of the molecule is CC(C)(C)CCC(=O)OCCCCCCOC(=O)CCC(C)(C)Cl.CC(C)(C)CCC(=O)OCCOCCOC(=O)CCC(C)(C)C. The quantitative estimate of drug-likeness (QED) is 0.0474. The largest absolute Gasteiger partial charge is 0.466 e. The van der Waals surface area contributed by atoms with E-state index in [-0.39, 0.29) is 58.2 Å². The first-order chi connectivity index (χ1) is 21.5. The van der Waals surface area contributed by atoms with Gasteiger partial charge in [-0.2, -0.15) is 0 Å². The van der Waals surface area contributed by atoms with Crippen molar-refractivity contribution in [2.45, 2.75) is 158 Å². The lowest BCUT2D eigenvalue weighted by atomic mass is 9.91. The van der Waals surface area contributed by atoms with Gasteiger partial charge in [-0.15, -0.1) is 11.6 Å². The lowest BCUT2D eigenvalue weighted by Crippen LogP contribution is -2.16. The van der Waals surface area contributed by atoms with Gasteiger partial charge in [-0.3, -0.25) is 19.2 Å². The summed E-state index contributed by atoms with van der Waals surface area (Å²) in [4.78, 5) is 45.6. The molecule has 0 aromatic rings. The highest BCUT2D eigenvalue weighted by atomic mass is 35.5. The third-order valence-corrected chi connectivity index (χ3v) is 6.90. The molecule has 278 valence electrons. The predicted octanol–water partition coefficient (Wildman–Crippen LogP) is 9.00. The van der Waals surface area contributed by atoms with Gasteiger partial charge in [0.15, 0.2) is 0 Å². The second kappa shape index (κ2) is 25.2. The van der Waals surface area contributed by atoms with E-state index in [2.05, 4.69) is 62.3 Å². The Morgan fingerprint density at radius 3 is 0.957 bits per heavy atom. The summed E-state index contributed by atoms with van der Waals surface area (Å²) in [6, 6.07) is 0. The molecule has 0 saturated carbocycles. The average molecular weight is 693 g/mol. The van der Waals surface area contributed by atoms with Crippen molar-refractivity contribution in [1.82, 2.24) is 0 Å². The van der Waals surface area contributed by atoms with Crippen LogP contribution in [0.5, 0.6) is 0 Å². The minimum Gasteiger partial charge on any atom is -0.466 e. The molecule has 47 heavy (non-hydrogen) atoms. The van der Waals surface area contributed by atoms with Crippen LogP contribution in [-0.4, -0.2) is 68.4 Å². The summed E-state index contributed by atoms with van der Waals surface area (Å²) >= 11 is 6.03. The van der Waals surface area contributed by atoms with Crippen molar-refractivity contribution in [3.63, 3.8) is 0 Å². The van der Waals surface area contributed by atoms with Crippen LogP contribution in [-0.2, 0) is 42.9 Å². The Kier molecular flexibility index (Phi) is 25.3. The normalized spacial score (nSPS) is 12.1. The molecule has 0 aromatic heterocycles. The molecule has 0 bridgehead atoms. The van der Waals surface area contributed by atoms with Gasteiger partial charge in [0.1, 0.15) is 13.2 Å². The highest BCUT2D eigenvalue weighted by Crippen LogP contribution is 2.22. The first kappa shape index (κ1) is 47.2. The van der Waals surface area contributed by atoms with E-state index < -0.39 is 0 Å². The minimum absolute atomic E-state index is 0.110. The molecule has 0 aromatic carbocycles. The number of esters is 4. The Balaban J connectivity index is 0. The summed E-state index contributed by atoms with van der Waals surface area (Å²) < 4.78 is 25.8. The van der Waals surface area contributed by atoms with Crippen molar-refractivity contribution in [3.05, 3.63) is 0 Å². The maximum absolute atomic E-state index is 11.5. The fraction of sp³-hybridized carbons (Fsp3) is 0.892. The number of rotatable bonds is 22. The molecule has 0 aliphatic carbocycles. The van der Waals surface area contributed by atoms with Gasteiger partial charge in [-0.1, -0.05) is 62.3 Å². The Bertz CT molecular complexity index is 789. The van der Waals surface area contributed by atoms with Crippen LogP contribution in [0.1, 0.15) is 153 Å². The zero-order valence-corrected chi connectivity index (χ0v) is 32.5. The van der Waals surface area contributed by atoms with E-state index in [1.54, 1.807) is 0 Å². The van der Waals surface area contributed by atoms with Gasteiger partial charge < -0.3 is 23.7 Å². The van der Waals surface area contributed by atoms with Gasteiger partial charge >= 0.3 is 23.9 Å². The molecule has 0 aliphatic heterocycles. The van der Waals surface area contributed by atoms with E-state index in [1.807, 2.05) is 13.8 Å². The van der Waals surface area contributed by atoms with Crippen LogP contribution in [0.4, 0.5) is 0 Å². The summed E-state index contributed by atoms with van der Waals surface area (Å²) in [6.07, 6.45) is 8.40. The van der Waals surface area contributed by atoms with Crippen molar-refractivity contribution in [2.75, 3.05) is 39.6 Å². The smallest absolute Gasteiger partial charge is 0.305 e. The topological polar surface area (TPSA) is 114 Å². The predicted molar refractivity (Wildman–Crippen MR) is 188 cm³/mol. The fourth-order valence-electron chi connectivity index (χ4n) is 3.58. The van der Waals surface area contributed by atoms with Gasteiger partial charge in [0.2, 0.25) is 0 Å². The van der Waals surface area contributed by atoms with Crippen molar-refractivity contribution in [3.8, 4) is 0 Å². The molecule has 0 saturated heterocycles. The van der Waals surface area contributed by atoms with E-state index in [1.165, 1.54) is 0 Å². The first-order valence-electron chi connectivity index (χ1n) is 17.4. The number of carbonyl (C=O) groups excluding carboxylic acids is 4. The van der Waals surface area contributed by atoms with Crippen molar-refractivity contribution in [1.29, 1.82) is 0 Å². The number of hydrogen-bond acceptors (Lipinski definition) is 9. The zero-order chi connectivity index (χ0) is 36.6. The summed E-state index contributed by atoms with van der Waals surface area (Å²) in [5.41, 5.74) is 0.425. The maximum Gasteiger partial charge on any atom is 0.305 e. The molecule has 0 rings (SSSR count). The van der Waals surface area contributed by atoms with Crippen LogP contribution >= 0.6 is 11.6 Å². The second-order valence-electron chi connectivity index (χ2n) is 16.3. The van der Waals surface area contributed by atoms with Crippen molar-refractivity contribution < 1.29 is 42.9 Å². The molecule has 10 heteroatoms. The standard InChI is InChI=1S/C19H35ClO4.C18H34O5/c1-18(2,3)12-10-16(21)23-14-8-6-7-9-15-24-17(22)11-13-19(4,5)20;1-17(2,3)9-7-15(19)22-13-11-21-12-14-23-16(20)8-10-18(4,5)6/h6-15H2,1-5H3;7-14H2,1-6H3. The number of halogens is 1. The van der Waals surface area contributed by atoms with Crippen LogP contribution in [0.2, 0.25) is 0 Å². The Hall–Kier alpha value is -1.87. The van der Waals surface area contributed by atoms with Gasteiger partial charge in [0.05, 0.1) is 26.4 Å². The summed E-state index contributed by atoms with van der Waals surface area (Å²) in [5.74, 6) is -0.688. The molecular weight excluding hydrogens is 624 g/mol. The number of hydrogen-bond donors (Lipinski definition) is 0. The average Bonchev–Trinajstić information content (AvgIpc) is 2.92. The minimum atomic E-state index is -0.358. The third-order valence-electron chi connectivity index (χ3n) is 6.71. The molecule has 0 heterocycles. The number of carbonyl (C=O) groups is 4. The van der Waals surface area contributed by atoms with E-state index >= 15 is 0 Å². The maximum atomic E-state index is 11.5. The van der Waals surface area contributed by atoms with Crippen LogP contribution < -0.4 is 0 Å². The van der Waals surface area contributed by atoms with Crippen LogP contribution in [0.25, 0.3) is 0 Å². The van der Waals surface area contributed by atoms with Crippen molar-refractivity contribution >= 4 is 35.5 Å². The Morgan fingerprint density at radius 2 is 0.681 bits per heavy atom. The van der Waals surface area contributed by atoms with E-state index in [0.717, 1.165) is 44.9 Å². The molecule has 0 N–H and O–H groups in total. The molecule has 9 nitrogen and oxygen atoms in total. The number of unbranched alkanes of at least 4 members (excludes halogenated alkanes) is 3. The van der Waals surface area contributed by atoms with Crippen LogP contribution in [0.15, 0.2) is 0 Å². The zero-order valence-electron chi connectivity index (χ0n) is 31.8. The highest BCUT2D eigenvalue weighted by Gasteiger charge is 2.17. The van der Waals surface area contributed by atoms with Gasteiger partial charge in [0, 0.05) is 30.6 Å². The van der Waals surface area contributed by atoms with Crippen LogP contribution in [0, 0.1) is 16.2 Å². The van der Waals surface area contributed by atoms with Gasteiger partial charge in [-0.25, -0.2) is 0 Å². The summed E-state index contributed by atoms with van der Waals surface area (Å²) in [7, 11) is 0. The summed E-state index contributed by atoms with van der Waals surface area (Å²) in [6.45, 7) is 24.7. The molecular formula is C37H69ClO9. The lowest BCUT2D eigenvalue weighted by molar-refractivity contribution is -0.147. The third kappa shape index (κ3) is 42.1. The van der Waals surface area contributed by atoms with Crippen molar-refractivity contribution in [2.24, 2.45) is 16.2 Å². The van der Waals surface area contributed by atoms with Gasteiger partial charge in [-0.05, 0) is 81.5 Å². The number of alkyl halides is 1. The molecule has 0 fully saturated rings. The Morgan fingerprint density at radius 1 is 0.404 bits per heavy atom. The molecule has 0 atom stereocenters.